The van der Waals surface area contributed by atoms with Crippen LogP contribution in [0.15, 0.2) is 24.4 Å². The van der Waals surface area contributed by atoms with Gasteiger partial charge >= 0.3 is 0 Å². The molecule has 0 atom stereocenters. The first-order valence-corrected chi connectivity index (χ1v) is 6.20. The van der Waals surface area contributed by atoms with Gasteiger partial charge in [0.05, 0.1) is 0 Å². The molecule has 0 amide bonds. The van der Waals surface area contributed by atoms with Gasteiger partial charge in [0, 0.05) is 30.7 Å². The average molecular weight is 232 g/mol. The zero-order valence-corrected chi connectivity index (χ0v) is 10.1. The highest BCUT2D eigenvalue weighted by atomic mass is 19.1. The summed E-state index contributed by atoms with van der Waals surface area (Å²) in [6, 6.07) is 5.04. The Bertz CT molecular complexity index is 538. The van der Waals surface area contributed by atoms with E-state index in [1.807, 2.05) is 13.1 Å². The molecule has 0 unspecified atom stereocenters. The van der Waals surface area contributed by atoms with Gasteiger partial charge in [-0.2, -0.15) is 0 Å². The van der Waals surface area contributed by atoms with Crippen LogP contribution in [0.4, 0.5) is 4.39 Å². The second-order valence-electron chi connectivity index (χ2n) is 4.91. The van der Waals surface area contributed by atoms with Crippen LogP contribution in [0.1, 0.15) is 18.4 Å². The molecule has 1 aromatic carbocycles. The molecule has 90 valence electrons. The van der Waals surface area contributed by atoms with Crippen molar-refractivity contribution in [2.45, 2.75) is 19.4 Å². The molecular formula is C14H17FN2. The number of aryl methyl sites for hydroxylation is 1. The molecular weight excluding hydrogens is 215 g/mol. The fraction of sp³-hybridized carbons (Fsp3) is 0.429. The number of rotatable bonds is 2. The number of hydrogen-bond acceptors (Lipinski definition) is 1. The van der Waals surface area contributed by atoms with Crippen molar-refractivity contribution in [1.82, 2.24) is 9.47 Å². The zero-order valence-electron chi connectivity index (χ0n) is 10.1. The Morgan fingerprint density at radius 1 is 1.24 bits per heavy atom. The van der Waals surface area contributed by atoms with E-state index in [1.54, 1.807) is 6.07 Å². The van der Waals surface area contributed by atoms with Crippen molar-refractivity contribution >= 4 is 10.9 Å². The van der Waals surface area contributed by atoms with E-state index in [9.17, 15) is 4.39 Å². The molecule has 2 nitrogen and oxygen atoms in total. The van der Waals surface area contributed by atoms with Gasteiger partial charge in [-0.25, -0.2) is 4.39 Å². The van der Waals surface area contributed by atoms with Crippen LogP contribution >= 0.6 is 0 Å². The molecule has 0 radical (unpaired) electrons. The second kappa shape index (κ2) is 4.15. The Hall–Kier alpha value is -1.35. The molecule has 0 N–H and O–H groups in total. The topological polar surface area (TPSA) is 8.17 Å². The molecule has 1 saturated heterocycles. The Balaban J connectivity index is 2.00. The summed E-state index contributed by atoms with van der Waals surface area (Å²) < 4.78 is 15.4. The van der Waals surface area contributed by atoms with Crippen LogP contribution in [0, 0.1) is 5.82 Å². The predicted molar refractivity (Wildman–Crippen MR) is 67.4 cm³/mol. The van der Waals surface area contributed by atoms with Crippen LogP contribution in [-0.4, -0.2) is 22.6 Å². The summed E-state index contributed by atoms with van der Waals surface area (Å²) in [6.07, 6.45) is 4.71. The molecule has 0 bridgehead atoms. The third-order valence-corrected chi connectivity index (χ3v) is 3.63. The summed E-state index contributed by atoms with van der Waals surface area (Å²) in [6.45, 7) is 3.29. The van der Waals surface area contributed by atoms with E-state index in [0.717, 1.165) is 17.4 Å². The normalized spacial score (nSPS) is 17.1. The van der Waals surface area contributed by atoms with Gasteiger partial charge in [-0.3, -0.25) is 4.90 Å². The third-order valence-electron chi connectivity index (χ3n) is 3.63. The predicted octanol–water partition coefficient (Wildman–Crippen LogP) is 2.91. The molecule has 0 saturated carbocycles. The maximum Gasteiger partial charge on any atom is 0.123 e. The van der Waals surface area contributed by atoms with Crippen molar-refractivity contribution < 1.29 is 4.39 Å². The van der Waals surface area contributed by atoms with E-state index >= 15 is 0 Å². The number of hydrogen-bond donors (Lipinski definition) is 0. The van der Waals surface area contributed by atoms with Crippen molar-refractivity contribution in [2.75, 3.05) is 13.1 Å². The fourth-order valence-electron chi connectivity index (χ4n) is 2.75. The van der Waals surface area contributed by atoms with Crippen molar-refractivity contribution in [2.24, 2.45) is 7.05 Å². The van der Waals surface area contributed by atoms with Gasteiger partial charge in [-0.15, -0.1) is 0 Å². The Morgan fingerprint density at radius 3 is 2.76 bits per heavy atom. The van der Waals surface area contributed by atoms with Gasteiger partial charge in [0.25, 0.3) is 0 Å². The number of aromatic nitrogens is 1. The second-order valence-corrected chi connectivity index (χ2v) is 4.91. The Morgan fingerprint density at radius 2 is 2.00 bits per heavy atom. The zero-order chi connectivity index (χ0) is 11.8. The summed E-state index contributed by atoms with van der Waals surface area (Å²) in [4.78, 5) is 2.44. The molecule has 1 aliphatic rings. The van der Waals surface area contributed by atoms with Gasteiger partial charge in [0.1, 0.15) is 5.82 Å². The first-order valence-electron chi connectivity index (χ1n) is 6.20. The number of halogens is 1. The van der Waals surface area contributed by atoms with Crippen LogP contribution in [0.2, 0.25) is 0 Å². The van der Waals surface area contributed by atoms with Crippen molar-refractivity contribution in [1.29, 1.82) is 0 Å². The highest BCUT2D eigenvalue weighted by Gasteiger charge is 2.15. The highest BCUT2D eigenvalue weighted by Crippen LogP contribution is 2.24. The van der Waals surface area contributed by atoms with Gasteiger partial charge in [-0.1, -0.05) is 0 Å². The molecule has 2 aromatic rings. The average Bonchev–Trinajstić information content (AvgIpc) is 2.89. The van der Waals surface area contributed by atoms with Gasteiger partial charge in [0.2, 0.25) is 0 Å². The molecule has 0 aliphatic carbocycles. The molecule has 1 aromatic heterocycles. The lowest BCUT2D eigenvalue weighted by Crippen LogP contribution is -2.18. The number of likely N-dealkylation sites (tertiary alicyclic amines) is 1. The minimum atomic E-state index is -0.147. The summed E-state index contributed by atoms with van der Waals surface area (Å²) in [5.41, 5.74) is 2.35. The van der Waals surface area contributed by atoms with Crippen molar-refractivity contribution in [3.63, 3.8) is 0 Å². The maximum atomic E-state index is 13.3. The largest absolute Gasteiger partial charge is 0.350 e. The van der Waals surface area contributed by atoms with Gasteiger partial charge in [0.15, 0.2) is 0 Å². The summed E-state index contributed by atoms with van der Waals surface area (Å²) in [7, 11) is 2.02. The minimum Gasteiger partial charge on any atom is -0.350 e. The first-order chi connectivity index (χ1) is 8.24. The van der Waals surface area contributed by atoms with Crippen molar-refractivity contribution in [3.8, 4) is 0 Å². The Labute approximate surface area is 101 Å². The molecule has 2 heterocycles. The van der Waals surface area contributed by atoms with Crippen molar-refractivity contribution in [3.05, 3.63) is 35.8 Å². The SMILES string of the molecule is Cn1cc(CN2CCCC2)c2cc(F)ccc21. The lowest BCUT2D eigenvalue weighted by atomic mass is 10.1. The smallest absolute Gasteiger partial charge is 0.123 e. The van der Waals surface area contributed by atoms with Gasteiger partial charge in [-0.05, 0) is 49.7 Å². The standard InChI is InChI=1S/C14H17FN2/c1-16-9-11(10-17-6-2-3-7-17)13-8-12(15)4-5-14(13)16/h4-5,8-9H,2-3,6-7,10H2,1H3. The number of benzene rings is 1. The summed E-state index contributed by atoms with van der Waals surface area (Å²) in [5, 5.41) is 1.06. The van der Waals surface area contributed by atoms with E-state index < -0.39 is 0 Å². The summed E-state index contributed by atoms with van der Waals surface area (Å²) in [5.74, 6) is -0.147. The molecule has 17 heavy (non-hydrogen) atoms. The van der Waals surface area contributed by atoms with E-state index in [1.165, 1.54) is 37.6 Å². The fourth-order valence-corrected chi connectivity index (χ4v) is 2.75. The Kier molecular flexibility index (Phi) is 2.63. The van der Waals surface area contributed by atoms with E-state index in [4.69, 9.17) is 0 Å². The quantitative estimate of drug-likeness (QED) is 0.773. The highest BCUT2D eigenvalue weighted by molar-refractivity contribution is 5.84. The van der Waals surface area contributed by atoms with E-state index in [2.05, 4.69) is 15.7 Å². The molecule has 0 spiro atoms. The first kappa shape index (κ1) is 10.8. The number of fused-ring (bicyclic) bond motifs is 1. The van der Waals surface area contributed by atoms with Crippen LogP contribution in [0.25, 0.3) is 10.9 Å². The van der Waals surface area contributed by atoms with Gasteiger partial charge < -0.3 is 4.57 Å². The lowest BCUT2D eigenvalue weighted by Gasteiger charge is -2.13. The minimum absolute atomic E-state index is 0.147. The van der Waals surface area contributed by atoms with Crippen LogP contribution in [0.3, 0.4) is 0 Å². The maximum absolute atomic E-state index is 13.3. The third kappa shape index (κ3) is 1.95. The van der Waals surface area contributed by atoms with Crippen LogP contribution < -0.4 is 0 Å². The molecule has 3 heteroatoms. The van der Waals surface area contributed by atoms with Crippen LogP contribution in [0.5, 0.6) is 0 Å². The lowest BCUT2D eigenvalue weighted by molar-refractivity contribution is 0.332. The van der Waals surface area contributed by atoms with E-state index in [0.29, 0.717) is 0 Å². The summed E-state index contributed by atoms with van der Waals surface area (Å²) >= 11 is 0. The molecule has 1 fully saturated rings. The van der Waals surface area contributed by atoms with Crippen LogP contribution in [-0.2, 0) is 13.6 Å². The van der Waals surface area contributed by atoms with E-state index in [-0.39, 0.29) is 5.82 Å². The molecule has 3 rings (SSSR count). The molecule has 1 aliphatic heterocycles. The monoisotopic (exact) mass is 232 g/mol. The number of nitrogens with zero attached hydrogens (tertiary/aromatic N) is 2.